The minimum atomic E-state index is -0.621. The predicted octanol–water partition coefficient (Wildman–Crippen LogP) is 3.13. The second-order valence-corrected chi connectivity index (χ2v) is 5.32. The van der Waals surface area contributed by atoms with Crippen LogP contribution in [0.4, 0.5) is 0 Å². The molecule has 0 bridgehead atoms. The Morgan fingerprint density at radius 2 is 1.95 bits per heavy atom. The van der Waals surface area contributed by atoms with Crippen LogP contribution in [0, 0.1) is 0 Å². The van der Waals surface area contributed by atoms with Crippen molar-refractivity contribution in [2.24, 2.45) is 0 Å². The molecule has 0 saturated heterocycles. The van der Waals surface area contributed by atoms with E-state index >= 15 is 0 Å². The average molecular weight is 281 g/mol. The highest BCUT2D eigenvalue weighted by Crippen LogP contribution is 2.26. The number of aliphatic hydroxyl groups excluding tert-OH is 1. The Morgan fingerprint density at radius 3 is 2.86 bits per heavy atom. The number of hydrogen-bond donors (Lipinski definition) is 1. The standard InChI is InChI=1S/C17H15NO3/c19-15(11-5-6-12-9-20-10-13(12)7-11)8-17-18-14-3-1-2-4-16(14)21-17/h1-7,15,19H,8-10H2. The number of benzene rings is 2. The zero-order valence-electron chi connectivity index (χ0n) is 11.5. The van der Waals surface area contributed by atoms with Crippen molar-refractivity contribution < 1.29 is 14.3 Å². The van der Waals surface area contributed by atoms with E-state index in [4.69, 9.17) is 9.15 Å². The van der Waals surface area contributed by atoms with Crippen LogP contribution in [0.3, 0.4) is 0 Å². The second kappa shape index (κ2) is 4.98. The van der Waals surface area contributed by atoms with E-state index in [1.54, 1.807) is 0 Å². The molecule has 0 radical (unpaired) electrons. The van der Waals surface area contributed by atoms with Crippen molar-refractivity contribution >= 4 is 11.1 Å². The van der Waals surface area contributed by atoms with E-state index in [1.807, 2.05) is 42.5 Å². The first-order chi connectivity index (χ1) is 10.3. The van der Waals surface area contributed by atoms with E-state index in [0.29, 0.717) is 25.5 Å². The fraction of sp³-hybridized carbons (Fsp3) is 0.235. The maximum atomic E-state index is 10.4. The van der Waals surface area contributed by atoms with Gasteiger partial charge in [0.25, 0.3) is 0 Å². The van der Waals surface area contributed by atoms with Gasteiger partial charge in [0.15, 0.2) is 11.5 Å². The molecule has 4 heteroatoms. The molecule has 1 atom stereocenters. The summed E-state index contributed by atoms with van der Waals surface area (Å²) in [5.74, 6) is 0.556. The summed E-state index contributed by atoms with van der Waals surface area (Å²) in [7, 11) is 0. The van der Waals surface area contributed by atoms with Crippen LogP contribution in [0.1, 0.15) is 28.7 Å². The Bertz CT molecular complexity index is 761. The molecule has 4 nitrogen and oxygen atoms in total. The summed E-state index contributed by atoms with van der Waals surface area (Å²) in [6, 6.07) is 13.6. The third-order valence-corrected chi connectivity index (χ3v) is 3.84. The molecule has 1 aliphatic heterocycles. The van der Waals surface area contributed by atoms with Crippen LogP contribution in [0.2, 0.25) is 0 Å². The summed E-state index contributed by atoms with van der Waals surface area (Å²) in [6.07, 6.45) is -0.252. The Morgan fingerprint density at radius 1 is 1.10 bits per heavy atom. The van der Waals surface area contributed by atoms with Crippen LogP contribution in [-0.4, -0.2) is 10.1 Å². The number of aromatic nitrogens is 1. The van der Waals surface area contributed by atoms with Gasteiger partial charge in [-0.3, -0.25) is 0 Å². The van der Waals surface area contributed by atoms with Crippen LogP contribution in [0.15, 0.2) is 46.9 Å². The van der Waals surface area contributed by atoms with Gasteiger partial charge in [0, 0.05) is 0 Å². The Kier molecular flexibility index (Phi) is 2.98. The molecule has 3 aromatic rings. The van der Waals surface area contributed by atoms with Gasteiger partial charge in [-0.2, -0.15) is 0 Å². The number of aliphatic hydroxyl groups is 1. The lowest BCUT2D eigenvalue weighted by molar-refractivity contribution is 0.134. The summed E-state index contributed by atoms with van der Waals surface area (Å²) in [5.41, 5.74) is 4.81. The fourth-order valence-corrected chi connectivity index (χ4v) is 2.69. The van der Waals surface area contributed by atoms with Gasteiger partial charge in [-0.15, -0.1) is 0 Å². The zero-order valence-corrected chi connectivity index (χ0v) is 11.5. The van der Waals surface area contributed by atoms with Crippen LogP contribution in [0.5, 0.6) is 0 Å². The van der Waals surface area contributed by atoms with E-state index in [1.165, 1.54) is 5.56 Å². The highest BCUT2D eigenvalue weighted by molar-refractivity contribution is 5.72. The number of ether oxygens (including phenoxy) is 1. The monoisotopic (exact) mass is 281 g/mol. The largest absolute Gasteiger partial charge is 0.441 e. The van der Waals surface area contributed by atoms with Crippen molar-refractivity contribution in [3.05, 3.63) is 65.0 Å². The van der Waals surface area contributed by atoms with Gasteiger partial charge in [-0.05, 0) is 28.8 Å². The number of fused-ring (bicyclic) bond motifs is 2. The lowest BCUT2D eigenvalue weighted by Crippen LogP contribution is -2.03. The van der Waals surface area contributed by atoms with Crippen LogP contribution < -0.4 is 0 Å². The molecule has 21 heavy (non-hydrogen) atoms. The SMILES string of the molecule is OC(Cc1nc2ccccc2o1)c1ccc2c(c1)COC2. The number of rotatable bonds is 3. The average Bonchev–Trinajstić information content (AvgIpc) is 3.11. The Hall–Kier alpha value is -2.17. The van der Waals surface area contributed by atoms with E-state index in [9.17, 15) is 5.11 Å². The van der Waals surface area contributed by atoms with Crippen molar-refractivity contribution in [3.63, 3.8) is 0 Å². The van der Waals surface area contributed by atoms with Crippen LogP contribution in [-0.2, 0) is 24.4 Å². The fourth-order valence-electron chi connectivity index (χ4n) is 2.69. The first-order valence-electron chi connectivity index (χ1n) is 7.01. The molecule has 0 spiro atoms. The molecule has 2 aromatic carbocycles. The molecule has 1 aliphatic rings. The van der Waals surface area contributed by atoms with Crippen molar-refractivity contribution in [3.8, 4) is 0 Å². The van der Waals surface area contributed by atoms with E-state index in [2.05, 4.69) is 4.98 Å². The van der Waals surface area contributed by atoms with Gasteiger partial charge in [0.05, 0.1) is 25.7 Å². The van der Waals surface area contributed by atoms with Crippen molar-refractivity contribution in [1.82, 2.24) is 4.98 Å². The molecule has 4 rings (SSSR count). The summed E-state index contributed by atoms with van der Waals surface area (Å²) >= 11 is 0. The highest BCUT2D eigenvalue weighted by Gasteiger charge is 2.17. The molecule has 0 saturated carbocycles. The highest BCUT2D eigenvalue weighted by atomic mass is 16.5. The summed E-state index contributed by atoms with van der Waals surface area (Å²) in [4.78, 5) is 4.40. The second-order valence-electron chi connectivity index (χ2n) is 5.32. The first kappa shape index (κ1) is 12.6. The molecule has 106 valence electrons. The number of para-hydroxylation sites is 2. The topological polar surface area (TPSA) is 55.5 Å². The smallest absolute Gasteiger partial charge is 0.198 e. The molecule has 1 N–H and O–H groups in total. The zero-order chi connectivity index (χ0) is 14.2. The quantitative estimate of drug-likeness (QED) is 0.801. The van der Waals surface area contributed by atoms with Crippen molar-refractivity contribution in [2.45, 2.75) is 25.7 Å². The number of nitrogens with zero attached hydrogens (tertiary/aromatic N) is 1. The van der Waals surface area contributed by atoms with E-state index < -0.39 is 6.10 Å². The molecule has 0 fully saturated rings. The van der Waals surface area contributed by atoms with E-state index in [-0.39, 0.29) is 0 Å². The number of oxazole rings is 1. The van der Waals surface area contributed by atoms with Crippen molar-refractivity contribution in [1.29, 1.82) is 0 Å². The van der Waals surface area contributed by atoms with Crippen LogP contribution in [0.25, 0.3) is 11.1 Å². The predicted molar refractivity (Wildman–Crippen MR) is 77.6 cm³/mol. The van der Waals surface area contributed by atoms with Crippen LogP contribution >= 0.6 is 0 Å². The maximum absolute atomic E-state index is 10.4. The van der Waals surface area contributed by atoms with Gasteiger partial charge < -0.3 is 14.3 Å². The molecule has 2 heterocycles. The molecule has 1 aromatic heterocycles. The van der Waals surface area contributed by atoms with Gasteiger partial charge in [-0.1, -0.05) is 30.3 Å². The molecular weight excluding hydrogens is 266 g/mol. The molecule has 0 amide bonds. The molecule has 1 unspecified atom stereocenters. The normalized spacial score (nSPS) is 15.3. The third kappa shape index (κ3) is 2.33. The summed E-state index contributed by atoms with van der Waals surface area (Å²) in [6.45, 7) is 1.29. The summed E-state index contributed by atoms with van der Waals surface area (Å²) in [5, 5.41) is 10.4. The molecule has 0 aliphatic carbocycles. The van der Waals surface area contributed by atoms with Crippen molar-refractivity contribution in [2.75, 3.05) is 0 Å². The third-order valence-electron chi connectivity index (χ3n) is 3.84. The Balaban J connectivity index is 1.58. The summed E-state index contributed by atoms with van der Waals surface area (Å²) < 4.78 is 11.1. The first-order valence-corrected chi connectivity index (χ1v) is 7.01. The Labute approximate surface area is 122 Å². The van der Waals surface area contributed by atoms with Gasteiger partial charge in [0.1, 0.15) is 5.52 Å². The van der Waals surface area contributed by atoms with Gasteiger partial charge in [-0.25, -0.2) is 4.98 Å². The molecular formula is C17H15NO3. The number of hydrogen-bond acceptors (Lipinski definition) is 4. The van der Waals surface area contributed by atoms with Gasteiger partial charge in [0.2, 0.25) is 0 Å². The van der Waals surface area contributed by atoms with E-state index in [0.717, 1.165) is 22.2 Å². The lowest BCUT2D eigenvalue weighted by atomic mass is 10.0. The lowest BCUT2D eigenvalue weighted by Gasteiger charge is -2.10. The minimum Gasteiger partial charge on any atom is -0.441 e. The maximum Gasteiger partial charge on any atom is 0.198 e. The van der Waals surface area contributed by atoms with Gasteiger partial charge >= 0.3 is 0 Å². The minimum absolute atomic E-state index is 0.369.